The molecule has 1 aromatic rings. The van der Waals surface area contributed by atoms with Crippen LogP contribution in [0.5, 0.6) is 0 Å². The Hall–Kier alpha value is -1.34. The second-order valence-electron chi connectivity index (χ2n) is 6.52. The van der Waals surface area contributed by atoms with E-state index in [4.69, 9.17) is 4.98 Å². The van der Waals surface area contributed by atoms with Gasteiger partial charge in [0.05, 0.1) is 11.8 Å². The van der Waals surface area contributed by atoms with Crippen LogP contribution in [0.2, 0.25) is 0 Å². The summed E-state index contributed by atoms with van der Waals surface area (Å²) in [6.07, 6.45) is 8.10. The Balaban J connectivity index is 1.71. The van der Waals surface area contributed by atoms with E-state index in [0.29, 0.717) is 6.04 Å². The Kier molecular flexibility index (Phi) is 3.55. The summed E-state index contributed by atoms with van der Waals surface area (Å²) in [5.41, 5.74) is 2.31. The average molecular weight is 272 g/mol. The molecule has 20 heavy (non-hydrogen) atoms. The first-order valence-corrected chi connectivity index (χ1v) is 7.85. The summed E-state index contributed by atoms with van der Waals surface area (Å²) in [6.45, 7) is 5.03. The highest BCUT2D eigenvalue weighted by Crippen LogP contribution is 2.26. The van der Waals surface area contributed by atoms with Crippen molar-refractivity contribution in [1.82, 2.24) is 14.9 Å². The van der Waals surface area contributed by atoms with Gasteiger partial charge in [-0.1, -0.05) is 0 Å². The van der Waals surface area contributed by atoms with Gasteiger partial charge < -0.3 is 4.57 Å². The molecule has 0 saturated heterocycles. The van der Waals surface area contributed by atoms with Crippen LogP contribution >= 0.6 is 0 Å². The van der Waals surface area contributed by atoms with Gasteiger partial charge in [-0.25, -0.2) is 4.98 Å². The van der Waals surface area contributed by atoms with E-state index in [1.165, 1.54) is 37.1 Å². The highest BCUT2D eigenvalue weighted by molar-refractivity contribution is 5.20. The van der Waals surface area contributed by atoms with Gasteiger partial charge in [0.1, 0.15) is 11.4 Å². The first-order chi connectivity index (χ1) is 9.61. The molecule has 1 fully saturated rings. The summed E-state index contributed by atoms with van der Waals surface area (Å²) in [4.78, 5) is 4.71. The SMILES string of the molecule is Cc1nc2c(n1CCC(C)(C#N)NC1CC1)CCCC2. The maximum absolute atomic E-state index is 9.46. The lowest BCUT2D eigenvalue weighted by Gasteiger charge is -2.24. The molecule has 4 heteroatoms. The van der Waals surface area contributed by atoms with Gasteiger partial charge in [0, 0.05) is 18.3 Å². The van der Waals surface area contributed by atoms with Gasteiger partial charge >= 0.3 is 0 Å². The smallest absolute Gasteiger partial charge is 0.106 e. The highest BCUT2D eigenvalue weighted by Gasteiger charge is 2.32. The van der Waals surface area contributed by atoms with Gasteiger partial charge in [-0.05, 0) is 58.8 Å². The molecular formula is C16H24N4. The minimum absolute atomic E-state index is 0.403. The van der Waals surface area contributed by atoms with Crippen molar-refractivity contribution >= 4 is 0 Å². The summed E-state index contributed by atoms with van der Waals surface area (Å²) >= 11 is 0. The molecule has 3 rings (SSSR count). The zero-order chi connectivity index (χ0) is 14.2. The maximum atomic E-state index is 9.46. The molecule has 1 aromatic heterocycles. The lowest BCUT2D eigenvalue weighted by Crippen LogP contribution is -2.43. The molecule has 0 radical (unpaired) electrons. The van der Waals surface area contributed by atoms with E-state index in [9.17, 15) is 5.26 Å². The van der Waals surface area contributed by atoms with E-state index in [0.717, 1.165) is 31.6 Å². The number of nitrogens with one attached hydrogen (secondary N) is 1. The summed E-state index contributed by atoms with van der Waals surface area (Å²) in [6, 6.07) is 3.03. The Morgan fingerprint density at radius 2 is 2.15 bits per heavy atom. The molecule has 0 amide bonds. The third-order valence-corrected chi connectivity index (χ3v) is 4.61. The van der Waals surface area contributed by atoms with Gasteiger partial charge in [-0.2, -0.15) is 5.26 Å². The zero-order valence-electron chi connectivity index (χ0n) is 12.6. The molecule has 4 nitrogen and oxygen atoms in total. The first-order valence-electron chi connectivity index (χ1n) is 7.85. The molecule has 2 aliphatic rings. The van der Waals surface area contributed by atoms with E-state index in [1.807, 2.05) is 6.92 Å². The van der Waals surface area contributed by atoms with E-state index < -0.39 is 5.54 Å². The largest absolute Gasteiger partial charge is 0.332 e. The summed E-state index contributed by atoms with van der Waals surface area (Å²) in [5, 5.41) is 12.9. The number of rotatable bonds is 5. The topological polar surface area (TPSA) is 53.6 Å². The molecule has 1 atom stereocenters. The van der Waals surface area contributed by atoms with Crippen LogP contribution in [0.25, 0.3) is 0 Å². The van der Waals surface area contributed by atoms with Crippen molar-refractivity contribution in [2.24, 2.45) is 0 Å². The molecular weight excluding hydrogens is 248 g/mol. The fourth-order valence-corrected chi connectivity index (χ4v) is 3.21. The number of hydrogen-bond donors (Lipinski definition) is 1. The lowest BCUT2D eigenvalue weighted by atomic mass is 9.98. The molecule has 108 valence electrons. The van der Waals surface area contributed by atoms with Crippen LogP contribution < -0.4 is 5.32 Å². The molecule has 1 heterocycles. The van der Waals surface area contributed by atoms with Crippen LogP contribution in [-0.2, 0) is 19.4 Å². The maximum Gasteiger partial charge on any atom is 0.106 e. The van der Waals surface area contributed by atoms with Gasteiger partial charge in [0.15, 0.2) is 0 Å². The fourth-order valence-electron chi connectivity index (χ4n) is 3.21. The predicted octanol–water partition coefficient (Wildman–Crippen LogP) is 2.49. The average Bonchev–Trinajstić information content (AvgIpc) is 3.18. The van der Waals surface area contributed by atoms with Crippen LogP contribution in [0.1, 0.15) is 56.2 Å². The van der Waals surface area contributed by atoms with Crippen LogP contribution in [0.15, 0.2) is 0 Å². The Bertz CT molecular complexity index is 535. The van der Waals surface area contributed by atoms with Crippen molar-refractivity contribution < 1.29 is 0 Å². The van der Waals surface area contributed by atoms with E-state index in [-0.39, 0.29) is 0 Å². The Labute approximate surface area is 121 Å². The molecule has 0 aliphatic heterocycles. The second kappa shape index (κ2) is 5.21. The third kappa shape index (κ3) is 2.73. The number of fused-ring (bicyclic) bond motifs is 1. The van der Waals surface area contributed by atoms with Gasteiger partial charge in [-0.3, -0.25) is 5.32 Å². The molecule has 0 bridgehead atoms. The Morgan fingerprint density at radius 3 is 2.85 bits per heavy atom. The third-order valence-electron chi connectivity index (χ3n) is 4.61. The number of hydrogen-bond acceptors (Lipinski definition) is 3. The zero-order valence-corrected chi connectivity index (χ0v) is 12.6. The van der Waals surface area contributed by atoms with Crippen LogP contribution in [-0.4, -0.2) is 21.1 Å². The molecule has 1 saturated carbocycles. The van der Waals surface area contributed by atoms with Crippen LogP contribution in [0, 0.1) is 18.3 Å². The number of aromatic nitrogens is 2. The molecule has 1 N–H and O–H groups in total. The molecule has 0 aromatic carbocycles. The number of imidazole rings is 1. The van der Waals surface area contributed by atoms with Crippen molar-refractivity contribution in [3.8, 4) is 6.07 Å². The summed E-state index contributed by atoms with van der Waals surface area (Å²) in [5.74, 6) is 1.11. The minimum atomic E-state index is -0.403. The second-order valence-corrected chi connectivity index (χ2v) is 6.52. The van der Waals surface area contributed by atoms with Gasteiger partial charge in [0.2, 0.25) is 0 Å². The summed E-state index contributed by atoms with van der Waals surface area (Å²) in [7, 11) is 0. The summed E-state index contributed by atoms with van der Waals surface area (Å²) < 4.78 is 2.35. The van der Waals surface area contributed by atoms with E-state index in [1.54, 1.807) is 0 Å². The van der Waals surface area contributed by atoms with E-state index in [2.05, 4.69) is 22.9 Å². The quantitative estimate of drug-likeness (QED) is 0.896. The normalized spacial score (nSPS) is 21.1. The number of nitrogens with zero attached hydrogens (tertiary/aromatic N) is 3. The fraction of sp³-hybridized carbons (Fsp3) is 0.750. The predicted molar refractivity (Wildman–Crippen MR) is 78.4 cm³/mol. The number of nitriles is 1. The van der Waals surface area contributed by atoms with E-state index >= 15 is 0 Å². The van der Waals surface area contributed by atoms with Gasteiger partial charge in [0.25, 0.3) is 0 Å². The van der Waals surface area contributed by atoms with Crippen molar-refractivity contribution in [2.45, 2.75) is 76.9 Å². The van der Waals surface area contributed by atoms with Crippen LogP contribution in [0.3, 0.4) is 0 Å². The van der Waals surface area contributed by atoms with Crippen molar-refractivity contribution in [2.75, 3.05) is 0 Å². The van der Waals surface area contributed by atoms with Crippen LogP contribution in [0.4, 0.5) is 0 Å². The van der Waals surface area contributed by atoms with Crippen molar-refractivity contribution in [3.63, 3.8) is 0 Å². The minimum Gasteiger partial charge on any atom is -0.332 e. The Morgan fingerprint density at radius 1 is 1.40 bits per heavy atom. The van der Waals surface area contributed by atoms with Gasteiger partial charge in [-0.15, -0.1) is 0 Å². The molecule has 1 unspecified atom stereocenters. The first kappa shape index (κ1) is 13.6. The highest BCUT2D eigenvalue weighted by atomic mass is 15.1. The van der Waals surface area contributed by atoms with Crippen molar-refractivity contribution in [3.05, 3.63) is 17.2 Å². The monoisotopic (exact) mass is 272 g/mol. The number of aryl methyl sites for hydroxylation is 2. The molecule has 2 aliphatic carbocycles. The standard InChI is InChI=1S/C16H24N4/c1-12-18-14-5-3-4-6-15(14)20(12)10-9-16(2,11-17)19-13-7-8-13/h13,19H,3-10H2,1-2H3. The lowest BCUT2D eigenvalue weighted by molar-refractivity contribution is 0.383. The van der Waals surface area contributed by atoms with Crippen molar-refractivity contribution in [1.29, 1.82) is 5.26 Å². The molecule has 0 spiro atoms.